The molecule has 2 rings (SSSR count). The summed E-state index contributed by atoms with van der Waals surface area (Å²) in [5.74, 6) is -3.44. The fourth-order valence-electron chi connectivity index (χ4n) is 2.65. The third-order valence-corrected chi connectivity index (χ3v) is 4.06. The SMILES string of the molecule is N[C@H](C(=O)N[C@@H](Cc1cccc(C(=O)O)c1OC=O)B(O)O)c1ccccc1. The molecule has 0 fully saturated rings. The molecule has 0 radical (unpaired) electrons. The van der Waals surface area contributed by atoms with Gasteiger partial charge in [-0.3, -0.25) is 9.59 Å². The number of hydrogen-bond donors (Lipinski definition) is 5. The van der Waals surface area contributed by atoms with Crippen molar-refractivity contribution in [2.75, 3.05) is 0 Å². The van der Waals surface area contributed by atoms with Crippen molar-refractivity contribution in [1.82, 2.24) is 5.32 Å². The lowest BCUT2D eigenvalue weighted by Crippen LogP contribution is -2.50. The van der Waals surface area contributed by atoms with Gasteiger partial charge < -0.3 is 30.9 Å². The van der Waals surface area contributed by atoms with E-state index in [0.29, 0.717) is 5.56 Å². The quantitative estimate of drug-likeness (QED) is 0.289. The van der Waals surface area contributed by atoms with E-state index in [4.69, 9.17) is 10.5 Å². The van der Waals surface area contributed by atoms with Crippen LogP contribution in [0, 0.1) is 0 Å². The zero-order valence-electron chi connectivity index (χ0n) is 14.7. The highest BCUT2D eigenvalue weighted by atomic mass is 16.5. The second kappa shape index (κ2) is 9.65. The van der Waals surface area contributed by atoms with Crippen LogP contribution in [-0.2, 0) is 16.0 Å². The predicted molar refractivity (Wildman–Crippen MR) is 99.3 cm³/mol. The summed E-state index contributed by atoms with van der Waals surface area (Å²) in [5.41, 5.74) is 6.35. The molecule has 0 aliphatic rings. The van der Waals surface area contributed by atoms with E-state index in [0.717, 1.165) is 0 Å². The maximum atomic E-state index is 12.4. The van der Waals surface area contributed by atoms with Gasteiger partial charge in [0, 0.05) is 0 Å². The third-order valence-electron chi connectivity index (χ3n) is 4.06. The molecule has 10 heteroatoms. The van der Waals surface area contributed by atoms with Gasteiger partial charge in [0.2, 0.25) is 5.91 Å². The van der Waals surface area contributed by atoms with Crippen molar-refractivity contribution in [2.45, 2.75) is 18.4 Å². The summed E-state index contributed by atoms with van der Waals surface area (Å²) in [5, 5.41) is 30.9. The molecule has 1 amide bonds. The molecule has 0 aliphatic heterocycles. The molecule has 2 aromatic carbocycles. The average Bonchev–Trinajstić information content (AvgIpc) is 2.68. The van der Waals surface area contributed by atoms with Crippen LogP contribution < -0.4 is 15.8 Å². The number of aromatic carboxylic acids is 1. The minimum Gasteiger partial charge on any atom is -0.478 e. The lowest BCUT2D eigenvalue weighted by Gasteiger charge is -2.21. The lowest BCUT2D eigenvalue weighted by molar-refractivity contribution is -0.123. The summed E-state index contributed by atoms with van der Waals surface area (Å²) in [6.45, 7) is 0.0690. The molecule has 6 N–H and O–H groups in total. The van der Waals surface area contributed by atoms with E-state index in [9.17, 15) is 29.5 Å². The molecule has 0 aromatic heterocycles. The Bertz CT molecular complexity index is 845. The van der Waals surface area contributed by atoms with Gasteiger partial charge in [0.25, 0.3) is 6.47 Å². The highest BCUT2D eigenvalue weighted by Crippen LogP contribution is 2.25. The number of benzene rings is 2. The minimum absolute atomic E-state index is 0.0690. The summed E-state index contributed by atoms with van der Waals surface area (Å²) in [6, 6.07) is 11.5. The number of amides is 1. The van der Waals surface area contributed by atoms with Crippen LogP contribution in [0.15, 0.2) is 48.5 Å². The Morgan fingerprint density at radius 1 is 1.14 bits per heavy atom. The summed E-state index contributed by atoms with van der Waals surface area (Å²) in [4.78, 5) is 34.5. The van der Waals surface area contributed by atoms with Crippen LogP contribution >= 0.6 is 0 Å². The standard InChI is InChI=1S/C18H19BN2O7/c20-15(11-5-2-1-3-6-11)17(23)21-14(19(26)27)9-12-7-4-8-13(18(24)25)16(12)28-10-22/h1-8,10,14-15,26-27H,9,20H2,(H,21,23)(H,24,25)/t14-,15-/m0/s1. The Morgan fingerprint density at radius 3 is 2.39 bits per heavy atom. The van der Waals surface area contributed by atoms with E-state index >= 15 is 0 Å². The highest BCUT2D eigenvalue weighted by molar-refractivity contribution is 6.43. The molecule has 146 valence electrons. The largest absolute Gasteiger partial charge is 0.478 e. The number of carbonyl (C=O) groups is 3. The van der Waals surface area contributed by atoms with Gasteiger partial charge >= 0.3 is 13.1 Å². The van der Waals surface area contributed by atoms with E-state index in [1.807, 2.05) is 0 Å². The van der Waals surface area contributed by atoms with Crippen molar-refractivity contribution in [3.63, 3.8) is 0 Å². The van der Waals surface area contributed by atoms with Gasteiger partial charge in [0.05, 0.1) is 5.94 Å². The van der Waals surface area contributed by atoms with E-state index in [-0.39, 0.29) is 29.8 Å². The van der Waals surface area contributed by atoms with Crippen LogP contribution in [0.4, 0.5) is 0 Å². The fourth-order valence-corrected chi connectivity index (χ4v) is 2.65. The van der Waals surface area contributed by atoms with Crippen LogP contribution in [0.5, 0.6) is 5.75 Å². The predicted octanol–water partition coefficient (Wildman–Crippen LogP) is -0.341. The molecule has 2 atom stereocenters. The van der Waals surface area contributed by atoms with E-state index in [1.165, 1.54) is 18.2 Å². The zero-order chi connectivity index (χ0) is 20.7. The number of nitrogens with one attached hydrogen (secondary N) is 1. The normalized spacial score (nSPS) is 12.5. The fraction of sp³-hybridized carbons (Fsp3) is 0.167. The van der Waals surface area contributed by atoms with Gasteiger partial charge in [-0.15, -0.1) is 0 Å². The smallest absolute Gasteiger partial charge is 0.475 e. The van der Waals surface area contributed by atoms with Gasteiger partial charge in [-0.05, 0) is 23.6 Å². The first kappa shape index (κ1) is 21.1. The van der Waals surface area contributed by atoms with E-state index in [2.05, 4.69) is 5.32 Å². The van der Waals surface area contributed by atoms with Gasteiger partial charge in [-0.1, -0.05) is 42.5 Å². The maximum absolute atomic E-state index is 12.4. The zero-order valence-corrected chi connectivity index (χ0v) is 14.7. The number of hydrogen-bond acceptors (Lipinski definition) is 7. The first-order chi connectivity index (χ1) is 13.3. The second-order valence-corrected chi connectivity index (χ2v) is 5.93. The molecule has 0 bridgehead atoms. The number of para-hydroxylation sites is 1. The van der Waals surface area contributed by atoms with Crippen LogP contribution in [-0.4, -0.2) is 46.6 Å². The summed E-state index contributed by atoms with van der Waals surface area (Å²) >= 11 is 0. The Balaban J connectivity index is 2.24. The Hall–Kier alpha value is -3.21. The van der Waals surface area contributed by atoms with Gasteiger partial charge in [-0.25, -0.2) is 4.79 Å². The van der Waals surface area contributed by atoms with Crippen molar-refractivity contribution in [3.8, 4) is 5.75 Å². The summed E-state index contributed by atoms with van der Waals surface area (Å²) in [7, 11) is -1.97. The second-order valence-electron chi connectivity index (χ2n) is 5.93. The van der Waals surface area contributed by atoms with Crippen molar-refractivity contribution < 1.29 is 34.3 Å². The monoisotopic (exact) mass is 386 g/mol. The number of ether oxygens (including phenoxy) is 1. The molecule has 0 saturated heterocycles. The molecule has 2 aromatic rings. The summed E-state index contributed by atoms with van der Waals surface area (Å²) < 4.78 is 4.77. The molecule has 0 saturated carbocycles. The van der Waals surface area contributed by atoms with Crippen molar-refractivity contribution >= 4 is 25.5 Å². The van der Waals surface area contributed by atoms with E-state index < -0.39 is 31.0 Å². The van der Waals surface area contributed by atoms with Gasteiger partial charge in [0.1, 0.15) is 17.4 Å². The molecule has 28 heavy (non-hydrogen) atoms. The van der Waals surface area contributed by atoms with Crippen LogP contribution in [0.1, 0.15) is 27.5 Å². The average molecular weight is 386 g/mol. The maximum Gasteiger partial charge on any atom is 0.475 e. The molecular formula is C18H19BN2O7. The third kappa shape index (κ3) is 5.16. The van der Waals surface area contributed by atoms with Gasteiger partial charge in [0.15, 0.2) is 0 Å². The number of nitrogens with two attached hydrogens (primary N) is 1. The molecular weight excluding hydrogens is 367 g/mol. The molecule has 0 spiro atoms. The number of carboxylic acids is 1. The Morgan fingerprint density at radius 2 is 1.82 bits per heavy atom. The summed E-state index contributed by atoms with van der Waals surface area (Å²) in [6.07, 6.45) is -0.213. The van der Waals surface area contributed by atoms with Crippen molar-refractivity contribution in [1.29, 1.82) is 0 Å². The molecule has 0 aliphatic carbocycles. The van der Waals surface area contributed by atoms with Crippen LogP contribution in [0.25, 0.3) is 0 Å². The number of carbonyl (C=O) groups excluding carboxylic acids is 2. The first-order valence-electron chi connectivity index (χ1n) is 8.27. The molecule has 0 unspecified atom stereocenters. The van der Waals surface area contributed by atoms with Crippen molar-refractivity contribution in [3.05, 3.63) is 65.2 Å². The highest BCUT2D eigenvalue weighted by Gasteiger charge is 2.30. The van der Waals surface area contributed by atoms with E-state index in [1.54, 1.807) is 30.3 Å². The Kier molecular flexibility index (Phi) is 7.27. The lowest BCUT2D eigenvalue weighted by atomic mass is 9.75. The van der Waals surface area contributed by atoms with Crippen LogP contribution in [0.2, 0.25) is 0 Å². The molecule has 9 nitrogen and oxygen atoms in total. The Labute approximate surface area is 160 Å². The number of carboxylic acid groups (broad SMARTS) is 1. The van der Waals surface area contributed by atoms with Crippen LogP contribution in [0.3, 0.4) is 0 Å². The van der Waals surface area contributed by atoms with Crippen molar-refractivity contribution in [2.24, 2.45) is 5.73 Å². The molecule has 0 heterocycles. The first-order valence-corrected chi connectivity index (χ1v) is 8.27. The van der Waals surface area contributed by atoms with Gasteiger partial charge in [-0.2, -0.15) is 0 Å². The topological polar surface area (TPSA) is 159 Å². The minimum atomic E-state index is -1.97. The number of rotatable bonds is 9.